The van der Waals surface area contributed by atoms with Gasteiger partial charge in [0, 0.05) is 49.9 Å². The average Bonchev–Trinajstić information content (AvgIpc) is 3.65. The van der Waals surface area contributed by atoms with Crippen molar-refractivity contribution in [2.45, 2.75) is 0 Å². The second kappa shape index (κ2) is 14.1. The van der Waals surface area contributed by atoms with Crippen LogP contribution in [0.4, 0.5) is 17.1 Å². The highest BCUT2D eigenvalue weighted by molar-refractivity contribution is 6.28. The minimum absolute atomic E-state index is 0.979. The van der Waals surface area contributed by atoms with Crippen LogP contribution in [0.15, 0.2) is 224 Å². The smallest absolute Gasteiger partial charge is 0.0795 e. The summed E-state index contributed by atoms with van der Waals surface area (Å²) in [5.74, 6) is 0. The molecular weight excluding hydrogens is 703 g/mol. The van der Waals surface area contributed by atoms with E-state index in [0.29, 0.717) is 0 Å². The summed E-state index contributed by atoms with van der Waals surface area (Å²) in [7, 11) is 0. The van der Waals surface area contributed by atoms with E-state index in [4.69, 9.17) is 4.98 Å². The lowest BCUT2D eigenvalue weighted by Gasteiger charge is -2.26. The van der Waals surface area contributed by atoms with E-state index in [1.807, 2.05) is 0 Å². The Bertz CT molecular complexity index is 3140. The maximum atomic E-state index is 5.46. The molecule has 0 fully saturated rings. The summed E-state index contributed by atoms with van der Waals surface area (Å²) in [6.07, 6.45) is 0. The number of fused-ring (bicyclic) bond motifs is 7. The lowest BCUT2D eigenvalue weighted by molar-refractivity contribution is 1.18. The van der Waals surface area contributed by atoms with Crippen molar-refractivity contribution in [1.29, 1.82) is 0 Å². The quantitative estimate of drug-likeness (QED) is 0.152. The third-order valence-corrected chi connectivity index (χ3v) is 11.4. The summed E-state index contributed by atoms with van der Waals surface area (Å²) >= 11 is 0. The number of aromatic nitrogens is 2. The number of rotatable bonds is 7. The highest BCUT2D eigenvalue weighted by Gasteiger charge is 2.21. The van der Waals surface area contributed by atoms with Gasteiger partial charge in [0.05, 0.1) is 22.2 Å². The molecule has 0 amide bonds. The third-order valence-electron chi connectivity index (χ3n) is 11.4. The van der Waals surface area contributed by atoms with Crippen LogP contribution >= 0.6 is 0 Å². The van der Waals surface area contributed by atoms with E-state index >= 15 is 0 Å². The molecule has 0 N–H and O–H groups in total. The highest BCUT2D eigenvalue weighted by atomic mass is 15.1. The Morgan fingerprint density at radius 2 is 0.776 bits per heavy atom. The maximum absolute atomic E-state index is 5.46. The van der Waals surface area contributed by atoms with E-state index in [1.54, 1.807) is 0 Å². The van der Waals surface area contributed by atoms with E-state index in [0.717, 1.165) is 44.9 Å². The van der Waals surface area contributed by atoms with Crippen molar-refractivity contribution < 1.29 is 0 Å². The number of para-hydroxylation sites is 3. The second-order valence-corrected chi connectivity index (χ2v) is 14.8. The van der Waals surface area contributed by atoms with Crippen LogP contribution in [0.1, 0.15) is 0 Å². The number of hydrogen-bond donors (Lipinski definition) is 0. The van der Waals surface area contributed by atoms with E-state index in [9.17, 15) is 0 Å². The first kappa shape index (κ1) is 33.6. The van der Waals surface area contributed by atoms with Crippen molar-refractivity contribution in [3.05, 3.63) is 224 Å². The molecule has 0 saturated carbocycles. The maximum Gasteiger partial charge on any atom is 0.0795 e. The van der Waals surface area contributed by atoms with Gasteiger partial charge in [-0.25, -0.2) is 4.98 Å². The summed E-state index contributed by atoms with van der Waals surface area (Å²) in [5, 5.41) is 5.95. The number of anilines is 3. The zero-order valence-electron chi connectivity index (χ0n) is 31.7. The first-order valence-corrected chi connectivity index (χ1v) is 19.8. The average molecular weight is 740 g/mol. The van der Waals surface area contributed by atoms with E-state index in [1.165, 1.54) is 54.8 Å². The largest absolute Gasteiger partial charge is 0.311 e. The molecule has 2 heterocycles. The predicted octanol–water partition coefficient (Wildman–Crippen LogP) is 15.0. The fourth-order valence-electron chi connectivity index (χ4n) is 8.65. The Labute approximate surface area is 337 Å². The van der Waals surface area contributed by atoms with E-state index in [2.05, 4.69) is 234 Å². The molecule has 0 saturated heterocycles. The normalized spacial score (nSPS) is 11.4. The van der Waals surface area contributed by atoms with Crippen LogP contribution in [0.2, 0.25) is 0 Å². The summed E-state index contributed by atoms with van der Waals surface area (Å²) in [6, 6.07) is 80.3. The molecule has 3 nitrogen and oxygen atoms in total. The van der Waals surface area contributed by atoms with Gasteiger partial charge < -0.3 is 9.47 Å². The Morgan fingerprint density at radius 3 is 1.36 bits per heavy atom. The van der Waals surface area contributed by atoms with Crippen LogP contribution < -0.4 is 4.90 Å². The molecule has 58 heavy (non-hydrogen) atoms. The highest BCUT2D eigenvalue weighted by Crippen LogP contribution is 2.44. The van der Waals surface area contributed by atoms with Crippen molar-refractivity contribution >= 4 is 60.5 Å². The molecule has 0 unspecified atom stereocenters. The van der Waals surface area contributed by atoms with Crippen LogP contribution in [0, 0.1) is 0 Å². The molecule has 0 radical (unpaired) electrons. The Hall–Kier alpha value is -7.75. The van der Waals surface area contributed by atoms with Crippen molar-refractivity contribution in [2.75, 3.05) is 4.90 Å². The topological polar surface area (TPSA) is 21.1 Å². The minimum atomic E-state index is 0.979. The van der Waals surface area contributed by atoms with Crippen molar-refractivity contribution in [2.24, 2.45) is 0 Å². The van der Waals surface area contributed by atoms with Gasteiger partial charge in [0.15, 0.2) is 0 Å². The van der Waals surface area contributed by atoms with Gasteiger partial charge in [0.25, 0.3) is 0 Å². The fraction of sp³-hybridized carbons (Fsp3) is 0. The molecule has 0 aliphatic carbocycles. The molecular formula is C55H37N3. The van der Waals surface area contributed by atoms with E-state index < -0.39 is 0 Å². The lowest BCUT2D eigenvalue weighted by atomic mass is 9.96. The number of nitrogens with zero attached hydrogens (tertiary/aromatic N) is 3. The molecule has 0 atom stereocenters. The standard InChI is InChI=1S/C55H37N3/c1-4-14-38(15-5-1)40-24-30-44(31-25-40)57(45-32-26-41(27-33-45)39-16-6-2-7-17-39)46-34-28-42(29-35-46)55-54-48(47-20-10-12-22-50(47)56-55)36-37-52-53(54)49-21-11-13-23-51(49)58(52)43-18-8-3-9-19-43/h1-37H. The molecule has 0 aliphatic heterocycles. The molecule has 11 aromatic rings. The number of hydrogen-bond acceptors (Lipinski definition) is 2. The monoisotopic (exact) mass is 739 g/mol. The van der Waals surface area contributed by atoms with Crippen LogP contribution in [-0.4, -0.2) is 9.55 Å². The molecule has 2 aromatic heterocycles. The molecule has 0 aliphatic rings. The van der Waals surface area contributed by atoms with Crippen LogP contribution in [0.3, 0.4) is 0 Å². The van der Waals surface area contributed by atoms with Gasteiger partial charge in [-0.15, -0.1) is 0 Å². The summed E-state index contributed by atoms with van der Waals surface area (Å²) in [6.45, 7) is 0. The van der Waals surface area contributed by atoms with Gasteiger partial charge in [-0.1, -0.05) is 158 Å². The van der Waals surface area contributed by atoms with Gasteiger partial charge in [0.1, 0.15) is 0 Å². The number of benzene rings is 9. The van der Waals surface area contributed by atoms with Gasteiger partial charge in [-0.3, -0.25) is 0 Å². The number of pyridine rings is 1. The van der Waals surface area contributed by atoms with Crippen LogP contribution in [-0.2, 0) is 0 Å². The lowest BCUT2D eigenvalue weighted by Crippen LogP contribution is -2.09. The van der Waals surface area contributed by atoms with Crippen LogP contribution in [0.25, 0.3) is 82.7 Å². The van der Waals surface area contributed by atoms with Crippen molar-refractivity contribution in [3.8, 4) is 39.2 Å². The van der Waals surface area contributed by atoms with Gasteiger partial charge in [-0.2, -0.15) is 0 Å². The van der Waals surface area contributed by atoms with E-state index in [-0.39, 0.29) is 0 Å². The van der Waals surface area contributed by atoms with Gasteiger partial charge >= 0.3 is 0 Å². The Morgan fingerprint density at radius 1 is 0.310 bits per heavy atom. The second-order valence-electron chi connectivity index (χ2n) is 14.8. The molecule has 11 rings (SSSR count). The predicted molar refractivity (Wildman–Crippen MR) is 245 cm³/mol. The van der Waals surface area contributed by atoms with Gasteiger partial charge in [-0.05, 0) is 94.4 Å². The molecule has 0 bridgehead atoms. The van der Waals surface area contributed by atoms with Gasteiger partial charge in [0.2, 0.25) is 0 Å². The first-order valence-electron chi connectivity index (χ1n) is 19.8. The molecule has 9 aromatic carbocycles. The molecule has 0 spiro atoms. The summed E-state index contributed by atoms with van der Waals surface area (Å²) in [5.41, 5.74) is 14.5. The van der Waals surface area contributed by atoms with Crippen LogP contribution in [0.5, 0.6) is 0 Å². The minimum Gasteiger partial charge on any atom is -0.311 e. The Kier molecular flexibility index (Phi) is 8.15. The zero-order valence-corrected chi connectivity index (χ0v) is 31.7. The summed E-state index contributed by atoms with van der Waals surface area (Å²) < 4.78 is 2.39. The fourth-order valence-corrected chi connectivity index (χ4v) is 8.65. The van der Waals surface area contributed by atoms with Crippen molar-refractivity contribution in [3.63, 3.8) is 0 Å². The first-order chi connectivity index (χ1) is 28.8. The summed E-state index contributed by atoms with van der Waals surface area (Å²) in [4.78, 5) is 7.80. The Balaban J connectivity index is 1.09. The zero-order chi connectivity index (χ0) is 38.4. The third kappa shape index (κ3) is 5.72. The molecule has 272 valence electrons. The molecule has 3 heteroatoms. The van der Waals surface area contributed by atoms with Crippen molar-refractivity contribution in [1.82, 2.24) is 9.55 Å². The SMILES string of the molecule is c1ccc(-c2ccc(N(c3ccc(-c4ccccc4)cc3)c3ccc(-c4nc5ccccc5c5ccc6c(c7ccccc7n6-c6ccccc6)c45)cc3)cc2)cc1.